The van der Waals surface area contributed by atoms with Crippen molar-refractivity contribution in [1.82, 2.24) is 0 Å². The van der Waals surface area contributed by atoms with Crippen LogP contribution in [0.3, 0.4) is 0 Å². The second-order valence-electron chi connectivity index (χ2n) is 8.45. The molecule has 0 aromatic rings. The van der Waals surface area contributed by atoms with E-state index in [-0.39, 0.29) is 35.7 Å². The molecule has 10 heteroatoms. The molecule has 0 bridgehead atoms. The molecule has 0 radical (unpaired) electrons. The molecule has 0 aliphatic heterocycles. The van der Waals surface area contributed by atoms with Gasteiger partial charge in [0.1, 0.15) is 11.5 Å². The van der Waals surface area contributed by atoms with Crippen LogP contribution in [0, 0.1) is 0 Å². The van der Waals surface area contributed by atoms with Crippen molar-refractivity contribution in [2.75, 3.05) is 11.5 Å². The van der Waals surface area contributed by atoms with Crippen molar-refractivity contribution < 1.29 is 30.7 Å². The molecule has 184 valence electrons. The van der Waals surface area contributed by atoms with Gasteiger partial charge in [0.05, 0.1) is 12.2 Å². The SMILES string of the molecule is CCCCCCCCCCCCCCCCC(C)OC(CS(=O)(=O)O)CS(=O)(=O)O.[NaH]. The van der Waals surface area contributed by atoms with Gasteiger partial charge >= 0.3 is 29.6 Å². The number of ether oxygens (including phenoxy) is 1. The van der Waals surface area contributed by atoms with Gasteiger partial charge in [-0.05, 0) is 13.3 Å². The van der Waals surface area contributed by atoms with Gasteiger partial charge < -0.3 is 4.74 Å². The first-order chi connectivity index (χ1) is 14.0. The molecular weight excluding hydrogens is 451 g/mol. The average molecular weight is 497 g/mol. The molecule has 0 aromatic carbocycles. The van der Waals surface area contributed by atoms with E-state index in [2.05, 4.69) is 6.92 Å². The summed E-state index contributed by atoms with van der Waals surface area (Å²) in [6.07, 6.45) is 16.7. The van der Waals surface area contributed by atoms with Crippen LogP contribution < -0.4 is 0 Å². The molecule has 0 amide bonds. The van der Waals surface area contributed by atoms with E-state index in [1.54, 1.807) is 6.92 Å². The van der Waals surface area contributed by atoms with Crippen LogP contribution in [-0.2, 0) is 25.0 Å². The first-order valence-corrected chi connectivity index (χ1v) is 14.8. The molecule has 31 heavy (non-hydrogen) atoms. The fourth-order valence-electron chi connectivity index (χ4n) is 3.62. The first-order valence-electron chi connectivity index (χ1n) is 11.6. The standard InChI is InChI=1S/C21H44O7S2.Na.H/c1-3-4-5-6-7-8-9-10-11-12-13-14-15-16-17-20(2)28-21(18-29(22,23)24)19-30(25,26)27;;/h20-21H,3-19H2,1-2H3,(H,22,23,24)(H,25,26,27);;. The van der Waals surface area contributed by atoms with E-state index in [0.717, 1.165) is 19.3 Å². The van der Waals surface area contributed by atoms with Crippen molar-refractivity contribution in [2.24, 2.45) is 0 Å². The van der Waals surface area contributed by atoms with Crippen LogP contribution in [0.2, 0.25) is 0 Å². The van der Waals surface area contributed by atoms with Gasteiger partial charge in [-0.2, -0.15) is 16.8 Å². The molecule has 0 aliphatic carbocycles. The molecule has 0 heterocycles. The molecule has 0 saturated carbocycles. The summed E-state index contributed by atoms with van der Waals surface area (Å²) >= 11 is 0. The van der Waals surface area contributed by atoms with Crippen LogP contribution in [0.25, 0.3) is 0 Å². The van der Waals surface area contributed by atoms with Gasteiger partial charge in [-0.1, -0.05) is 96.8 Å². The topological polar surface area (TPSA) is 118 Å². The van der Waals surface area contributed by atoms with Gasteiger partial charge in [-0.3, -0.25) is 9.11 Å². The molecule has 1 unspecified atom stereocenters. The first kappa shape index (κ1) is 34.0. The second-order valence-corrected chi connectivity index (χ2v) is 11.4. The van der Waals surface area contributed by atoms with Gasteiger partial charge in [0.2, 0.25) is 0 Å². The third-order valence-corrected chi connectivity index (χ3v) is 6.77. The zero-order valence-corrected chi connectivity index (χ0v) is 20.6. The minimum atomic E-state index is -4.39. The van der Waals surface area contributed by atoms with Gasteiger partial charge in [0, 0.05) is 0 Å². The van der Waals surface area contributed by atoms with Crippen LogP contribution in [0.1, 0.15) is 110 Å². The number of unbranched alkanes of at least 4 members (excludes halogenated alkanes) is 13. The summed E-state index contributed by atoms with van der Waals surface area (Å²) in [5.41, 5.74) is 0. The Labute approximate surface area is 213 Å². The Balaban J connectivity index is 0. The maximum absolute atomic E-state index is 11.0. The summed E-state index contributed by atoms with van der Waals surface area (Å²) in [5.74, 6) is -1.70. The third kappa shape index (κ3) is 26.9. The molecule has 0 aliphatic rings. The van der Waals surface area contributed by atoms with Crippen molar-refractivity contribution in [2.45, 2.75) is 122 Å². The summed E-state index contributed by atoms with van der Waals surface area (Å²) in [6.45, 7) is 3.98. The summed E-state index contributed by atoms with van der Waals surface area (Å²) in [5, 5.41) is 0. The molecule has 0 rings (SSSR count). The Morgan fingerprint density at radius 2 is 0.968 bits per heavy atom. The summed E-state index contributed by atoms with van der Waals surface area (Å²) in [7, 11) is -8.78. The summed E-state index contributed by atoms with van der Waals surface area (Å²) in [4.78, 5) is 0. The fourth-order valence-corrected chi connectivity index (χ4v) is 5.10. The monoisotopic (exact) mass is 496 g/mol. The Kier molecular flexibility index (Phi) is 22.1. The summed E-state index contributed by atoms with van der Waals surface area (Å²) in [6, 6.07) is 0. The number of hydrogen-bond donors (Lipinski definition) is 2. The van der Waals surface area contributed by atoms with E-state index in [1.807, 2.05) is 0 Å². The molecule has 0 spiro atoms. The normalized spacial score (nSPS) is 13.3. The fraction of sp³-hybridized carbons (Fsp3) is 1.00. The zero-order valence-electron chi connectivity index (χ0n) is 18.9. The molecular formula is C21H45NaO7S2. The second kappa shape index (κ2) is 20.2. The van der Waals surface area contributed by atoms with Crippen LogP contribution in [-0.4, -0.2) is 79.2 Å². The van der Waals surface area contributed by atoms with Gasteiger partial charge in [0.25, 0.3) is 20.2 Å². The van der Waals surface area contributed by atoms with Crippen molar-refractivity contribution >= 4 is 49.8 Å². The molecule has 1 atom stereocenters. The Morgan fingerprint density at radius 1 is 0.645 bits per heavy atom. The van der Waals surface area contributed by atoms with Crippen LogP contribution in [0.4, 0.5) is 0 Å². The number of rotatable bonds is 21. The van der Waals surface area contributed by atoms with E-state index >= 15 is 0 Å². The van der Waals surface area contributed by atoms with Crippen molar-refractivity contribution in [3.63, 3.8) is 0 Å². The van der Waals surface area contributed by atoms with E-state index in [1.165, 1.54) is 70.6 Å². The van der Waals surface area contributed by atoms with Gasteiger partial charge in [-0.25, -0.2) is 0 Å². The van der Waals surface area contributed by atoms with E-state index < -0.39 is 37.8 Å². The minimum absolute atomic E-state index is 0. The van der Waals surface area contributed by atoms with Gasteiger partial charge in [-0.15, -0.1) is 0 Å². The van der Waals surface area contributed by atoms with Gasteiger partial charge in [0.15, 0.2) is 0 Å². The average Bonchev–Trinajstić information content (AvgIpc) is 2.59. The molecule has 0 saturated heterocycles. The Hall–Kier alpha value is 0.780. The molecule has 0 fully saturated rings. The Morgan fingerprint density at radius 3 is 1.29 bits per heavy atom. The molecule has 0 aromatic heterocycles. The van der Waals surface area contributed by atoms with Crippen molar-refractivity contribution in [1.29, 1.82) is 0 Å². The van der Waals surface area contributed by atoms with Crippen LogP contribution in [0.5, 0.6) is 0 Å². The Bertz CT molecular complexity index is 575. The van der Waals surface area contributed by atoms with E-state index in [0.29, 0.717) is 6.42 Å². The third-order valence-electron chi connectivity index (χ3n) is 5.18. The predicted octanol–water partition coefficient (Wildman–Crippen LogP) is 4.76. The van der Waals surface area contributed by atoms with Crippen molar-refractivity contribution in [3.05, 3.63) is 0 Å². The van der Waals surface area contributed by atoms with Crippen molar-refractivity contribution in [3.8, 4) is 0 Å². The summed E-state index contributed by atoms with van der Waals surface area (Å²) < 4.78 is 67.3. The van der Waals surface area contributed by atoms with E-state index in [9.17, 15) is 16.8 Å². The zero-order chi connectivity index (χ0) is 22.9. The number of hydrogen-bond acceptors (Lipinski definition) is 5. The molecule has 2 N–H and O–H groups in total. The van der Waals surface area contributed by atoms with E-state index in [4.69, 9.17) is 13.8 Å². The maximum atomic E-state index is 11.0. The quantitative estimate of drug-likeness (QED) is 0.134. The predicted molar refractivity (Wildman–Crippen MR) is 129 cm³/mol. The van der Waals surface area contributed by atoms with Crippen LogP contribution >= 0.6 is 0 Å². The van der Waals surface area contributed by atoms with Crippen LogP contribution in [0.15, 0.2) is 0 Å². The molecule has 7 nitrogen and oxygen atoms in total.